The summed E-state index contributed by atoms with van der Waals surface area (Å²) in [6, 6.07) is 6.09. The van der Waals surface area contributed by atoms with Crippen molar-refractivity contribution in [1.82, 2.24) is 0 Å². The predicted molar refractivity (Wildman–Crippen MR) is 72.6 cm³/mol. The summed E-state index contributed by atoms with van der Waals surface area (Å²) in [4.78, 5) is 12.2. The first-order chi connectivity index (χ1) is 9.70. The quantitative estimate of drug-likeness (QED) is 0.767. The van der Waals surface area contributed by atoms with Gasteiger partial charge in [0.05, 0.1) is 5.56 Å². The van der Waals surface area contributed by atoms with Crippen LogP contribution in [-0.2, 0) is 4.74 Å². The molecule has 0 N–H and O–H groups in total. The number of hydrogen-bond donors (Lipinski definition) is 0. The SMILES string of the molecule is O=C(OC1C2CC3CC(C2)CC1C3)c1ccccc1F. The Hall–Kier alpha value is -1.38. The molecule has 0 unspecified atom stereocenters. The molecule has 4 aliphatic rings. The Morgan fingerprint density at radius 1 is 1.00 bits per heavy atom. The lowest BCUT2D eigenvalue weighted by molar-refractivity contribution is -0.101. The lowest BCUT2D eigenvalue weighted by Gasteiger charge is -2.53. The number of carbonyl (C=O) groups excluding carboxylic acids is 1. The van der Waals surface area contributed by atoms with E-state index in [2.05, 4.69) is 0 Å². The molecule has 4 bridgehead atoms. The van der Waals surface area contributed by atoms with Gasteiger partial charge in [0, 0.05) is 0 Å². The fourth-order valence-electron chi connectivity index (χ4n) is 4.88. The molecule has 1 aromatic rings. The highest BCUT2D eigenvalue weighted by atomic mass is 19.1. The van der Waals surface area contributed by atoms with Crippen molar-refractivity contribution in [3.63, 3.8) is 0 Å². The van der Waals surface area contributed by atoms with Crippen LogP contribution < -0.4 is 0 Å². The zero-order valence-corrected chi connectivity index (χ0v) is 11.4. The molecule has 0 atom stereocenters. The molecular weight excluding hydrogens is 255 g/mol. The van der Waals surface area contributed by atoms with Crippen LogP contribution in [0.2, 0.25) is 0 Å². The number of benzene rings is 1. The van der Waals surface area contributed by atoms with Crippen LogP contribution in [0, 0.1) is 29.5 Å². The Morgan fingerprint density at radius 2 is 1.60 bits per heavy atom. The second kappa shape index (κ2) is 4.57. The second-order valence-electron chi connectivity index (χ2n) is 6.78. The zero-order chi connectivity index (χ0) is 13.7. The minimum atomic E-state index is -0.486. The lowest BCUT2D eigenvalue weighted by atomic mass is 9.55. The average molecular weight is 274 g/mol. The normalized spacial score (nSPS) is 38.0. The molecule has 0 spiro atoms. The van der Waals surface area contributed by atoms with Crippen molar-refractivity contribution in [2.24, 2.45) is 23.7 Å². The van der Waals surface area contributed by atoms with Crippen LogP contribution in [0.3, 0.4) is 0 Å². The maximum Gasteiger partial charge on any atom is 0.341 e. The van der Waals surface area contributed by atoms with Gasteiger partial charge in [-0.3, -0.25) is 0 Å². The lowest BCUT2D eigenvalue weighted by Crippen LogP contribution is -2.50. The zero-order valence-electron chi connectivity index (χ0n) is 11.4. The molecule has 0 aliphatic heterocycles. The van der Waals surface area contributed by atoms with Crippen molar-refractivity contribution >= 4 is 5.97 Å². The van der Waals surface area contributed by atoms with E-state index in [1.807, 2.05) is 0 Å². The largest absolute Gasteiger partial charge is 0.458 e. The van der Waals surface area contributed by atoms with Crippen LogP contribution in [0.1, 0.15) is 42.5 Å². The fourth-order valence-corrected chi connectivity index (χ4v) is 4.88. The van der Waals surface area contributed by atoms with E-state index in [1.165, 1.54) is 44.2 Å². The number of rotatable bonds is 2. The summed E-state index contributed by atoms with van der Waals surface area (Å²) in [7, 11) is 0. The number of carbonyl (C=O) groups is 1. The van der Waals surface area contributed by atoms with E-state index in [4.69, 9.17) is 4.74 Å². The van der Waals surface area contributed by atoms with E-state index >= 15 is 0 Å². The molecule has 3 heteroatoms. The molecule has 2 nitrogen and oxygen atoms in total. The maximum atomic E-state index is 13.7. The molecule has 0 aromatic heterocycles. The van der Waals surface area contributed by atoms with Crippen LogP contribution in [0.5, 0.6) is 0 Å². The predicted octanol–water partition coefficient (Wildman–Crippen LogP) is 3.81. The molecule has 0 amide bonds. The average Bonchev–Trinajstić information content (AvgIpc) is 2.42. The summed E-state index contributed by atoms with van der Waals surface area (Å²) in [5.41, 5.74) is 0.0707. The van der Waals surface area contributed by atoms with Crippen LogP contribution in [-0.4, -0.2) is 12.1 Å². The number of hydrogen-bond acceptors (Lipinski definition) is 2. The van der Waals surface area contributed by atoms with Gasteiger partial charge >= 0.3 is 5.97 Å². The summed E-state index contributed by atoms with van der Waals surface area (Å²) < 4.78 is 19.4. The molecule has 20 heavy (non-hydrogen) atoms. The van der Waals surface area contributed by atoms with Crippen LogP contribution >= 0.6 is 0 Å². The first-order valence-corrected chi connectivity index (χ1v) is 7.66. The Morgan fingerprint density at radius 3 is 2.20 bits per heavy atom. The van der Waals surface area contributed by atoms with Crippen LogP contribution in [0.4, 0.5) is 4.39 Å². The van der Waals surface area contributed by atoms with E-state index in [0.29, 0.717) is 11.8 Å². The van der Waals surface area contributed by atoms with Gasteiger partial charge in [0.15, 0.2) is 0 Å². The Balaban J connectivity index is 1.52. The van der Waals surface area contributed by atoms with Crippen molar-refractivity contribution in [1.29, 1.82) is 0 Å². The molecule has 1 aromatic carbocycles. The van der Waals surface area contributed by atoms with E-state index < -0.39 is 11.8 Å². The molecule has 0 radical (unpaired) electrons. The van der Waals surface area contributed by atoms with Crippen LogP contribution in [0.15, 0.2) is 24.3 Å². The van der Waals surface area contributed by atoms with Crippen molar-refractivity contribution < 1.29 is 13.9 Å². The minimum Gasteiger partial charge on any atom is -0.458 e. The third-order valence-electron chi connectivity index (χ3n) is 5.48. The van der Waals surface area contributed by atoms with Gasteiger partial charge in [0.25, 0.3) is 0 Å². The van der Waals surface area contributed by atoms with Crippen molar-refractivity contribution in [2.75, 3.05) is 0 Å². The Labute approximate surface area is 118 Å². The van der Waals surface area contributed by atoms with Gasteiger partial charge in [-0.1, -0.05) is 12.1 Å². The first kappa shape index (κ1) is 12.4. The molecule has 106 valence electrons. The van der Waals surface area contributed by atoms with E-state index in [0.717, 1.165) is 11.8 Å². The number of esters is 1. The standard InChI is InChI=1S/C17H19FO2/c18-15-4-2-1-3-14(15)17(19)20-16-12-6-10-5-11(8-12)9-13(16)7-10/h1-4,10-13,16H,5-9H2. The van der Waals surface area contributed by atoms with E-state index in [-0.39, 0.29) is 11.7 Å². The minimum absolute atomic E-state index is 0.0231. The van der Waals surface area contributed by atoms with Crippen molar-refractivity contribution in [2.45, 2.75) is 38.2 Å². The number of halogens is 1. The van der Waals surface area contributed by atoms with E-state index in [9.17, 15) is 9.18 Å². The highest BCUT2D eigenvalue weighted by Crippen LogP contribution is 2.54. The summed E-state index contributed by atoms with van der Waals surface area (Å²) in [6.45, 7) is 0. The molecule has 4 fully saturated rings. The number of ether oxygens (including phenoxy) is 1. The van der Waals surface area contributed by atoms with Gasteiger partial charge in [0.1, 0.15) is 11.9 Å². The summed E-state index contributed by atoms with van der Waals surface area (Å²) in [5.74, 6) is 1.76. The van der Waals surface area contributed by atoms with Gasteiger partial charge in [-0.25, -0.2) is 9.18 Å². The molecular formula is C17H19FO2. The van der Waals surface area contributed by atoms with Crippen molar-refractivity contribution in [3.05, 3.63) is 35.6 Å². The fraction of sp³-hybridized carbons (Fsp3) is 0.588. The maximum absolute atomic E-state index is 13.7. The van der Waals surface area contributed by atoms with Gasteiger partial charge in [-0.2, -0.15) is 0 Å². The summed E-state index contributed by atoms with van der Waals surface area (Å²) in [6.07, 6.45) is 6.19. The molecule has 4 saturated carbocycles. The highest BCUT2D eigenvalue weighted by molar-refractivity contribution is 5.89. The summed E-state index contributed by atoms with van der Waals surface area (Å²) in [5, 5.41) is 0. The molecule has 5 rings (SSSR count). The van der Waals surface area contributed by atoms with Gasteiger partial charge in [-0.15, -0.1) is 0 Å². The molecule has 0 heterocycles. The Bertz CT molecular complexity index is 512. The van der Waals surface area contributed by atoms with Crippen LogP contribution in [0.25, 0.3) is 0 Å². The van der Waals surface area contributed by atoms with Crippen molar-refractivity contribution in [3.8, 4) is 0 Å². The second-order valence-corrected chi connectivity index (χ2v) is 6.78. The topological polar surface area (TPSA) is 26.3 Å². The summed E-state index contributed by atoms with van der Waals surface area (Å²) >= 11 is 0. The smallest absolute Gasteiger partial charge is 0.341 e. The molecule has 0 saturated heterocycles. The monoisotopic (exact) mass is 274 g/mol. The van der Waals surface area contributed by atoms with Gasteiger partial charge in [-0.05, 0) is 67.9 Å². The highest BCUT2D eigenvalue weighted by Gasteiger charge is 2.50. The molecule has 4 aliphatic carbocycles. The third kappa shape index (κ3) is 1.95. The van der Waals surface area contributed by atoms with Gasteiger partial charge < -0.3 is 4.74 Å². The first-order valence-electron chi connectivity index (χ1n) is 7.66. The third-order valence-corrected chi connectivity index (χ3v) is 5.48. The van der Waals surface area contributed by atoms with E-state index in [1.54, 1.807) is 12.1 Å². The van der Waals surface area contributed by atoms with Gasteiger partial charge in [0.2, 0.25) is 0 Å². The Kier molecular flexibility index (Phi) is 2.83.